The van der Waals surface area contributed by atoms with Gasteiger partial charge >= 0.3 is 0 Å². The van der Waals surface area contributed by atoms with Crippen LogP contribution in [0.4, 0.5) is 4.39 Å². The Morgan fingerprint density at radius 1 is 1.40 bits per heavy atom. The number of nitrogens with zero attached hydrogens (tertiary/aromatic N) is 5. The van der Waals surface area contributed by atoms with Crippen LogP contribution in [0.5, 0.6) is 0 Å². The number of H-pyrrole nitrogens is 1. The second-order valence-corrected chi connectivity index (χ2v) is 5.90. The molecular weight excluding hydrogens is 327 g/mol. The topological polar surface area (TPSA) is 93.0 Å². The highest BCUT2D eigenvalue weighted by molar-refractivity contribution is 5.54. The number of benzene rings is 1. The van der Waals surface area contributed by atoms with Crippen LogP contribution in [-0.4, -0.2) is 50.0 Å². The molecule has 0 unspecified atom stereocenters. The predicted octanol–water partition coefficient (Wildman–Crippen LogP) is 1.96. The molecule has 0 spiro atoms. The van der Waals surface area contributed by atoms with Gasteiger partial charge < -0.3 is 9.26 Å². The number of ether oxygens (including phenoxy) is 1. The van der Waals surface area contributed by atoms with E-state index in [0.717, 1.165) is 12.2 Å². The smallest absolute Gasteiger partial charge is 0.241 e. The van der Waals surface area contributed by atoms with Crippen molar-refractivity contribution < 1.29 is 13.7 Å². The fourth-order valence-corrected chi connectivity index (χ4v) is 3.11. The summed E-state index contributed by atoms with van der Waals surface area (Å²) in [6.07, 6.45) is 2.36. The molecule has 1 N–H and O–H groups in total. The number of halogens is 1. The molecule has 9 heteroatoms. The molecule has 1 saturated heterocycles. The molecule has 0 radical (unpaired) electrons. The van der Waals surface area contributed by atoms with Gasteiger partial charge in [-0.05, 0) is 18.6 Å². The first-order chi connectivity index (χ1) is 12.2. The third-order valence-corrected chi connectivity index (χ3v) is 4.37. The van der Waals surface area contributed by atoms with Crippen molar-refractivity contribution in [1.82, 2.24) is 30.2 Å². The lowest BCUT2D eigenvalue weighted by Crippen LogP contribution is -2.25. The Kier molecular flexibility index (Phi) is 4.24. The molecule has 1 fully saturated rings. The standard InChI is InChI=1S/C16H17FN6O2/c1-24-10-6-13(16-18-9-19-21-16)23(7-10)8-14-20-15(22-25-14)11-4-2-3-5-12(11)17/h2-5,9-10,13H,6-8H2,1H3,(H,18,19,21)/t10-,13+/m1/s1. The highest BCUT2D eigenvalue weighted by atomic mass is 19.1. The van der Waals surface area contributed by atoms with Crippen molar-refractivity contribution in [3.05, 3.63) is 48.1 Å². The number of hydrogen-bond donors (Lipinski definition) is 1. The van der Waals surface area contributed by atoms with Gasteiger partial charge in [0, 0.05) is 13.7 Å². The molecule has 3 aromatic rings. The Morgan fingerprint density at radius 3 is 3.04 bits per heavy atom. The number of rotatable bonds is 5. The van der Waals surface area contributed by atoms with Crippen LogP contribution in [0.15, 0.2) is 35.1 Å². The van der Waals surface area contributed by atoms with Crippen LogP contribution < -0.4 is 0 Å². The van der Waals surface area contributed by atoms with E-state index in [1.807, 2.05) is 0 Å². The molecule has 0 bridgehead atoms. The molecule has 1 aliphatic rings. The molecule has 0 saturated carbocycles. The van der Waals surface area contributed by atoms with Gasteiger partial charge in [-0.1, -0.05) is 17.3 Å². The summed E-state index contributed by atoms with van der Waals surface area (Å²) in [5.41, 5.74) is 0.320. The number of likely N-dealkylation sites (tertiary alicyclic amines) is 1. The Hall–Kier alpha value is -2.65. The van der Waals surface area contributed by atoms with Gasteiger partial charge in [0.25, 0.3) is 0 Å². The molecule has 2 aromatic heterocycles. The van der Waals surface area contributed by atoms with Crippen molar-refractivity contribution in [2.45, 2.75) is 25.1 Å². The zero-order valence-electron chi connectivity index (χ0n) is 13.6. The molecule has 25 heavy (non-hydrogen) atoms. The summed E-state index contributed by atoms with van der Waals surface area (Å²) in [5.74, 6) is 1.05. The van der Waals surface area contributed by atoms with E-state index in [1.54, 1.807) is 25.3 Å². The minimum absolute atomic E-state index is 0.0243. The largest absolute Gasteiger partial charge is 0.380 e. The molecular formula is C16H17FN6O2. The minimum atomic E-state index is -0.380. The zero-order valence-corrected chi connectivity index (χ0v) is 13.6. The number of methoxy groups -OCH3 is 1. The molecule has 1 aromatic carbocycles. The van der Waals surface area contributed by atoms with E-state index in [-0.39, 0.29) is 23.8 Å². The fraction of sp³-hybridized carbons (Fsp3) is 0.375. The quantitative estimate of drug-likeness (QED) is 0.756. The van der Waals surface area contributed by atoms with Crippen LogP contribution in [-0.2, 0) is 11.3 Å². The number of aromatic nitrogens is 5. The molecule has 3 heterocycles. The van der Waals surface area contributed by atoms with Crippen LogP contribution in [0.25, 0.3) is 11.4 Å². The van der Waals surface area contributed by atoms with E-state index < -0.39 is 0 Å². The van der Waals surface area contributed by atoms with Crippen LogP contribution in [0, 0.1) is 5.82 Å². The van der Waals surface area contributed by atoms with Gasteiger partial charge in [0.2, 0.25) is 11.7 Å². The van der Waals surface area contributed by atoms with Crippen LogP contribution in [0.2, 0.25) is 0 Å². The molecule has 2 atom stereocenters. The SMILES string of the molecule is CO[C@@H]1C[C@@H](c2ncn[nH]2)N(Cc2nc(-c3ccccc3F)no2)C1. The van der Waals surface area contributed by atoms with E-state index >= 15 is 0 Å². The first-order valence-electron chi connectivity index (χ1n) is 7.94. The van der Waals surface area contributed by atoms with Crippen LogP contribution in [0.1, 0.15) is 24.2 Å². The van der Waals surface area contributed by atoms with Crippen molar-refractivity contribution in [3.63, 3.8) is 0 Å². The summed E-state index contributed by atoms with van der Waals surface area (Å²) >= 11 is 0. The highest BCUT2D eigenvalue weighted by Crippen LogP contribution is 2.32. The van der Waals surface area contributed by atoms with Crippen LogP contribution >= 0.6 is 0 Å². The molecule has 4 rings (SSSR count). The average Bonchev–Trinajstić information content (AvgIpc) is 3.36. The van der Waals surface area contributed by atoms with Crippen molar-refractivity contribution in [2.24, 2.45) is 0 Å². The third kappa shape index (κ3) is 3.15. The third-order valence-electron chi connectivity index (χ3n) is 4.37. The van der Waals surface area contributed by atoms with Gasteiger partial charge in [0.15, 0.2) is 0 Å². The summed E-state index contributed by atoms with van der Waals surface area (Å²) in [6.45, 7) is 1.13. The number of aromatic amines is 1. The van der Waals surface area contributed by atoms with Crippen molar-refractivity contribution in [3.8, 4) is 11.4 Å². The van der Waals surface area contributed by atoms with Gasteiger partial charge in [-0.25, -0.2) is 9.37 Å². The second-order valence-electron chi connectivity index (χ2n) is 5.90. The molecule has 1 aliphatic heterocycles. The fourth-order valence-electron chi connectivity index (χ4n) is 3.11. The molecule has 8 nitrogen and oxygen atoms in total. The Bertz CT molecular complexity index is 837. The van der Waals surface area contributed by atoms with Gasteiger partial charge in [-0.2, -0.15) is 10.1 Å². The van der Waals surface area contributed by atoms with Crippen molar-refractivity contribution in [2.75, 3.05) is 13.7 Å². The first-order valence-corrected chi connectivity index (χ1v) is 7.94. The maximum absolute atomic E-state index is 13.9. The second kappa shape index (κ2) is 6.69. The molecule has 130 valence electrons. The summed E-state index contributed by atoms with van der Waals surface area (Å²) in [4.78, 5) is 10.7. The maximum atomic E-state index is 13.9. The van der Waals surface area contributed by atoms with Gasteiger partial charge in [-0.15, -0.1) is 0 Å². The molecule has 0 amide bonds. The zero-order chi connectivity index (χ0) is 17.2. The predicted molar refractivity (Wildman–Crippen MR) is 84.6 cm³/mol. The number of nitrogens with one attached hydrogen (secondary N) is 1. The lowest BCUT2D eigenvalue weighted by Gasteiger charge is -2.19. The van der Waals surface area contributed by atoms with Crippen molar-refractivity contribution >= 4 is 0 Å². The lowest BCUT2D eigenvalue weighted by molar-refractivity contribution is 0.105. The van der Waals surface area contributed by atoms with E-state index in [1.165, 1.54) is 12.4 Å². The highest BCUT2D eigenvalue weighted by Gasteiger charge is 2.36. The molecule has 0 aliphatic carbocycles. The summed E-state index contributed by atoms with van der Waals surface area (Å²) in [6, 6.07) is 6.37. The van der Waals surface area contributed by atoms with E-state index in [0.29, 0.717) is 24.5 Å². The van der Waals surface area contributed by atoms with Gasteiger partial charge in [0.1, 0.15) is 18.0 Å². The Morgan fingerprint density at radius 2 is 2.28 bits per heavy atom. The van der Waals surface area contributed by atoms with Gasteiger partial charge in [0.05, 0.1) is 24.3 Å². The minimum Gasteiger partial charge on any atom is -0.380 e. The normalized spacial score (nSPS) is 21.0. The summed E-state index contributed by atoms with van der Waals surface area (Å²) < 4.78 is 24.7. The lowest BCUT2D eigenvalue weighted by atomic mass is 10.2. The Balaban J connectivity index is 1.54. The average molecular weight is 344 g/mol. The Labute approximate surface area is 143 Å². The number of hydrogen-bond acceptors (Lipinski definition) is 7. The monoisotopic (exact) mass is 344 g/mol. The first kappa shape index (κ1) is 15.9. The summed E-state index contributed by atoms with van der Waals surface area (Å²) in [7, 11) is 1.69. The maximum Gasteiger partial charge on any atom is 0.241 e. The van der Waals surface area contributed by atoms with Crippen LogP contribution in [0.3, 0.4) is 0 Å². The van der Waals surface area contributed by atoms with E-state index in [2.05, 4.69) is 30.2 Å². The van der Waals surface area contributed by atoms with E-state index in [9.17, 15) is 4.39 Å². The van der Waals surface area contributed by atoms with Crippen molar-refractivity contribution in [1.29, 1.82) is 0 Å². The summed E-state index contributed by atoms with van der Waals surface area (Å²) in [5, 5.41) is 10.7. The van der Waals surface area contributed by atoms with Gasteiger partial charge in [-0.3, -0.25) is 10.00 Å². The van der Waals surface area contributed by atoms with E-state index in [4.69, 9.17) is 9.26 Å².